The summed E-state index contributed by atoms with van der Waals surface area (Å²) in [5, 5.41) is 10.0. The lowest BCUT2D eigenvalue weighted by molar-refractivity contribution is -0.146. The van der Waals surface area contributed by atoms with Crippen LogP contribution in [-0.2, 0) is 18.6 Å². The molecule has 0 aromatic rings. The van der Waals surface area contributed by atoms with E-state index >= 15 is 0 Å². The molecule has 0 spiro atoms. The predicted octanol–water partition coefficient (Wildman–Crippen LogP) is 8.11. The van der Waals surface area contributed by atoms with E-state index in [1.54, 1.807) is 0 Å². The monoisotopic (exact) mass is 554 g/mol. The van der Waals surface area contributed by atoms with Crippen molar-refractivity contribution in [1.82, 2.24) is 0 Å². The molecule has 0 amide bonds. The molecule has 1 fully saturated rings. The third-order valence-corrected chi connectivity index (χ3v) is 11.0. The third-order valence-electron chi connectivity index (χ3n) is 6.42. The first kappa shape index (κ1) is 33.3. The lowest BCUT2D eigenvalue weighted by Crippen LogP contribution is -2.31. The van der Waals surface area contributed by atoms with E-state index < -0.39 is 25.5 Å². The third kappa shape index (κ3) is 15.3. The number of unbranched alkanes of at least 4 members (excludes halogenated alkanes) is 6. The van der Waals surface area contributed by atoms with Gasteiger partial charge in [-0.1, -0.05) is 71.6 Å². The van der Waals surface area contributed by atoms with E-state index in [1.165, 1.54) is 82.1 Å². The van der Waals surface area contributed by atoms with Crippen LogP contribution >= 0.6 is 31.1 Å². The summed E-state index contributed by atoms with van der Waals surface area (Å²) in [5.41, 5.74) is 0. The van der Waals surface area contributed by atoms with Gasteiger partial charge in [-0.05, 0) is 57.0 Å². The van der Waals surface area contributed by atoms with Gasteiger partial charge in [0.25, 0.3) is 5.85 Å². The molecule has 0 bridgehead atoms. The van der Waals surface area contributed by atoms with Crippen molar-refractivity contribution in [3.05, 3.63) is 0 Å². The molecule has 9 heteroatoms. The van der Waals surface area contributed by atoms with Gasteiger partial charge in [0.1, 0.15) is 0 Å². The number of aliphatic carboxylic acids is 1. The molecule has 6 nitrogen and oxygen atoms in total. The Morgan fingerprint density at radius 3 is 2.23 bits per heavy atom. The van der Waals surface area contributed by atoms with E-state index in [-0.39, 0.29) is 11.9 Å². The Morgan fingerprint density at radius 2 is 1.60 bits per heavy atom. The summed E-state index contributed by atoms with van der Waals surface area (Å²) in [6.07, 6.45) is 17.0. The first-order valence-corrected chi connectivity index (χ1v) is 17.6. The SMILES string of the molecule is CCCCCSCCCCCCCC(SC1CCCCC1)C(C)OP(=O)(O)C(OCCC)C(=O)O. The van der Waals surface area contributed by atoms with Crippen LogP contribution < -0.4 is 0 Å². The van der Waals surface area contributed by atoms with Crippen LogP contribution in [0.15, 0.2) is 0 Å². The maximum atomic E-state index is 12.8. The van der Waals surface area contributed by atoms with E-state index in [0.29, 0.717) is 11.7 Å². The van der Waals surface area contributed by atoms with Crippen LogP contribution in [-0.4, -0.2) is 56.5 Å². The van der Waals surface area contributed by atoms with Crippen LogP contribution in [0.1, 0.15) is 117 Å². The average Bonchev–Trinajstić information content (AvgIpc) is 2.82. The van der Waals surface area contributed by atoms with Gasteiger partial charge in [0.15, 0.2) is 0 Å². The number of rotatable bonds is 22. The zero-order chi connectivity index (χ0) is 25.9. The number of hydrogen-bond acceptors (Lipinski definition) is 6. The molecule has 0 radical (unpaired) electrons. The molecule has 1 aliphatic carbocycles. The standard InChI is InChI=1S/C26H51O6PS2/c1-4-6-14-20-34-21-15-9-7-8-13-18-24(35-23-16-11-10-12-17-23)22(3)32-33(29,30)26(25(27)28)31-19-5-2/h22-24,26H,4-21H2,1-3H3,(H,27,28)(H,29,30). The number of thioether (sulfide) groups is 2. The normalized spacial score (nSPS) is 19.2. The zero-order valence-electron chi connectivity index (χ0n) is 22.3. The lowest BCUT2D eigenvalue weighted by atomic mass is 10.0. The Hall–Kier alpha value is 0.280. The topological polar surface area (TPSA) is 93.1 Å². The largest absolute Gasteiger partial charge is 0.479 e. The molecule has 2 N–H and O–H groups in total. The Kier molecular flexibility index (Phi) is 19.3. The minimum Gasteiger partial charge on any atom is -0.479 e. The van der Waals surface area contributed by atoms with Crippen molar-refractivity contribution in [2.24, 2.45) is 0 Å². The van der Waals surface area contributed by atoms with Crippen LogP contribution in [0.3, 0.4) is 0 Å². The minimum atomic E-state index is -4.46. The Labute approximate surface area is 223 Å². The number of ether oxygens (including phenoxy) is 1. The number of carboxylic acids is 1. The first-order chi connectivity index (χ1) is 16.8. The molecule has 1 rings (SSSR count). The van der Waals surface area contributed by atoms with E-state index in [1.807, 2.05) is 25.6 Å². The van der Waals surface area contributed by atoms with Crippen molar-refractivity contribution >= 4 is 37.1 Å². The van der Waals surface area contributed by atoms with Crippen LogP contribution in [0.2, 0.25) is 0 Å². The van der Waals surface area contributed by atoms with Gasteiger partial charge in [-0.25, -0.2) is 4.79 Å². The maximum absolute atomic E-state index is 12.8. The van der Waals surface area contributed by atoms with Gasteiger partial charge >= 0.3 is 13.6 Å². The highest BCUT2D eigenvalue weighted by Crippen LogP contribution is 2.51. The highest BCUT2D eigenvalue weighted by molar-refractivity contribution is 8.00. The van der Waals surface area contributed by atoms with Crippen molar-refractivity contribution in [2.45, 2.75) is 140 Å². The van der Waals surface area contributed by atoms with Crippen LogP contribution in [0.5, 0.6) is 0 Å². The summed E-state index contributed by atoms with van der Waals surface area (Å²) in [6, 6.07) is 0. The number of hydrogen-bond donors (Lipinski definition) is 2. The molecule has 0 aromatic carbocycles. The van der Waals surface area contributed by atoms with E-state index in [2.05, 4.69) is 18.7 Å². The maximum Gasteiger partial charge on any atom is 0.368 e. The quantitative estimate of drug-likeness (QED) is 0.102. The highest BCUT2D eigenvalue weighted by atomic mass is 32.2. The van der Waals surface area contributed by atoms with Gasteiger partial charge in [0.2, 0.25) is 0 Å². The molecule has 35 heavy (non-hydrogen) atoms. The molecule has 1 aliphatic rings. The zero-order valence-corrected chi connectivity index (χ0v) is 24.9. The summed E-state index contributed by atoms with van der Waals surface area (Å²) in [7, 11) is -4.46. The smallest absolute Gasteiger partial charge is 0.368 e. The Morgan fingerprint density at radius 1 is 0.971 bits per heavy atom. The number of carboxylic acid groups (broad SMARTS) is 1. The minimum absolute atomic E-state index is 0.0771. The summed E-state index contributed by atoms with van der Waals surface area (Å²) < 4.78 is 23.6. The summed E-state index contributed by atoms with van der Waals surface area (Å²) >= 11 is 3.96. The van der Waals surface area contributed by atoms with Crippen molar-refractivity contribution in [1.29, 1.82) is 0 Å². The summed E-state index contributed by atoms with van der Waals surface area (Å²) in [6.45, 7) is 6.00. The van der Waals surface area contributed by atoms with Crippen molar-refractivity contribution in [3.63, 3.8) is 0 Å². The van der Waals surface area contributed by atoms with Gasteiger partial charge in [0, 0.05) is 17.1 Å². The van der Waals surface area contributed by atoms with Gasteiger partial charge < -0.3 is 19.3 Å². The second-order valence-electron chi connectivity index (χ2n) is 9.75. The van der Waals surface area contributed by atoms with Crippen LogP contribution in [0.4, 0.5) is 0 Å². The molecule has 0 aromatic heterocycles. The Balaban J connectivity index is 2.52. The van der Waals surface area contributed by atoms with Gasteiger partial charge in [-0.3, -0.25) is 4.57 Å². The van der Waals surface area contributed by atoms with Crippen LogP contribution in [0, 0.1) is 0 Å². The molecule has 0 aliphatic heterocycles. The van der Waals surface area contributed by atoms with Crippen molar-refractivity contribution in [2.75, 3.05) is 18.1 Å². The summed E-state index contributed by atoms with van der Waals surface area (Å²) in [4.78, 5) is 22.0. The molecule has 1 saturated carbocycles. The molecular formula is C26H51O6PS2. The molecule has 0 heterocycles. The fourth-order valence-corrected chi connectivity index (χ4v) is 8.48. The summed E-state index contributed by atoms with van der Waals surface area (Å²) in [5.74, 6) is -0.737. The number of carbonyl (C=O) groups is 1. The highest BCUT2D eigenvalue weighted by Gasteiger charge is 2.42. The second kappa shape index (κ2) is 20.3. The molecule has 4 unspecified atom stereocenters. The van der Waals surface area contributed by atoms with Gasteiger partial charge in [-0.2, -0.15) is 23.5 Å². The molecule has 4 atom stereocenters. The second-order valence-corrected chi connectivity index (χ2v) is 14.3. The van der Waals surface area contributed by atoms with E-state index in [9.17, 15) is 19.4 Å². The average molecular weight is 555 g/mol. The Bertz CT molecular complexity index is 588. The predicted molar refractivity (Wildman–Crippen MR) is 151 cm³/mol. The lowest BCUT2D eigenvalue weighted by Gasteiger charge is -2.31. The van der Waals surface area contributed by atoms with Gasteiger partial charge in [-0.15, -0.1) is 0 Å². The molecular weight excluding hydrogens is 503 g/mol. The first-order valence-electron chi connectivity index (χ1n) is 13.9. The van der Waals surface area contributed by atoms with Crippen LogP contribution in [0.25, 0.3) is 0 Å². The van der Waals surface area contributed by atoms with E-state index in [0.717, 1.165) is 19.3 Å². The molecule has 208 valence electrons. The fraction of sp³-hybridized carbons (Fsp3) is 0.962. The van der Waals surface area contributed by atoms with Crippen molar-refractivity contribution in [3.8, 4) is 0 Å². The van der Waals surface area contributed by atoms with E-state index in [4.69, 9.17) is 9.26 Å². The molecule has 0 saturated heterocycles. The van der Waals surface area contributed by atoms with Crippen molar-refractivity contribution < 1.29 is 28.6 Å². The van der Waals surface area contributed by atoms with Gasteiger partial charge in [0.05, 0.1) is 6.10 Å². The fourth-order valence-electron chi connectivity index (χ4n) is 4.39.